The Balaban J connectivity index is 1.04. The molecule has 0 spiro atoms. The van der Waals surface area contributed by atoms with Crippen LogP contribution >= 0.6 is 0 Å². The predicted octanol–water partition coefficient (Wildman–Crippen LogP) is 0.977. The van der Waals surface area contributed by atoms with Crippen LogP contribution in [0.4, 0.5) is 0 Å². The molecule has 6 bridgehead atoms. The molecule has 0 aromatic heterocycles. The second-order valence-corrected chi connectivity index (χ2v) is 12.0. The SMILES string of the molecule is O=C1C2CC3CC1CC(C(=O)OC1C4CC5C1OC(=O)C5C4C(=O)OCCN1CCOCC1)(C3)C2. The number of ketones is 1. The first-order valence-corrected chi connectivity index (χ1v) is 13.4. The Morgan fingerprint density at radius 2 is 1.74 bits per heavy atom. The van der Waals surface area contributed by atoms with Gasteiger partial charge in [0.2, 0.25) is 0 Å². The molecule has 2 aliphatic heterocycles. The molecule has 0 radical (unpaired) electrons. The smallest absolute Gasteiger partial charge is 0.312 e. The van der Waals surface area contributed by atoms with Gasteiger partial charge in [-0.05, 0) is 44.4 Å². The van der Waals surface area contributed by atoms with Crippen molar-refractivity contribution in [2.75, 3.05) is 39.5 Å². The van der Waals surface area contributed by atoms with E-state index in [9.17, 15) is 19.2 Å². The van der Waals surface area contributed by atoms with Gasteiger partial charge in [-0.3, -0.25) is 24.1 Å². The molecule has 8 aliphatic rings. The summed E-state index contributed by atoms with van der Waals surface area (Å²) in [4.78, 5) is 54.2. The lowest BCUT2D eigenvalue weighted by Crippen LogP contribution is -2.56. The highest BCUT2D eigenvalue weighted by atomic mass is 16.6. The van der Waals surface area contributed by atoms with E-state index in [4.69, 9.17) is 18.9 Å². The number of rotatable bonds is 6. The summed E-state index contributed by atoms with van der Waals surface area (Å²) in [5.41, 5.74) is -0.595. The normalized spacial score (nSPS) is 47.3. The molecule has 6 saturated carbocycles. The summed E-state index contributed by atoms with van der Waals surface area (Å²) >= 11 is 0. The van der Waals surface area contributed by atoms with Crippen molar-refractivity contribution in [2.24, 2.45) is 46.8 Å². The average molecular weight is 488 g/mol. The number of fused-ring (bicyclic) bond motifs is 1. The fourth-order valence-electron chi connectivity index (χ4n) is 8.91. The number of Topliss-reactive ketones (excluding diaryl/α,β-unsaturated/α-hetero) is 1. The zero-order valence-corrected chi connectivity index (χ0v) is 19.9. The number of carbonyl (C=O) groups excluding carboxylic acids is 4. The minimum absolute atomic E-state index is 0.0169. The van der Waals surface area contributed by atoms with Gasteiger partial charge in [0.25, 0.3) is 0 Å². The molecular weight excluding hydrogens is 454 g/mol. The second-order valence-electron chi connectivity index (χ2n) is 12.0. The molecule has 35 heavy (non-hydrogen) atoms. The van der Waals surface area contributed by atoms with Gasteiger partial charge >= 0.3 is 17.9 Å². The van der Waals surface area contributed by atoms with Crippen LogP contribution < -0.4 is 0 Å². The van der Waals surface area contributed by atoms with Crippen LogP contribution in [0.1, 0.15) is 38.5 Å². The van der Waals surface area contributed by atoms with E-state index in [1.807, 2.05) is 0 Å². The summed E-state index contributed by atoms with van der Waals surface area (Å²) in [7, 11) is 0. The Kier molecular flexibility index (Phi) is 5.08. The van der Waals surface area contributed by atoms with Gasteiger partial charge < -0.3 is 18.9 Å². The highest BCUT2D eigenvalue weighted by Crippen LogP contribution is 2.62. The fraction of sp³-hybridized carbons (Fsp3) is 0.846. The molecule has 0 aromatic carbocycles. The molecule has 190 valence electrons. The molecule has 8 unspecified atom stereocenters. The molecule has 2 heterocycles. The standard InChI is InChI=1S/C26H33NO8/c28-20-14-7-13-8-15(20)12-26(10-13,11-14)25(31)35-22-16-9-17-19(24(30)34-21(17)22)18(16)23(29)33-6-3-27-1-4-32-5-2-27/h13-19,21-22H,1-12H2. The van der Waals surface area contributed by atoms with E-state index in [0.717, 1.165) is 32.4 Å². The maximum absolute atomic E-state index is 13.6. The van der Waals surface area contributed by atoms with E-state index >= 15 is 0 Å². The molecule has 6 aliphatic carbocycles. The molecule has 0 N–H and O–H groups in total. The molecule has 0 amide bonds. The summed E-state index contributed by atoms with van der Waals surface area (Å²) in [6.07, 6.45) is 3.33. The third-order valence-corrected chi connectivity index (χ3v) is 10.2. The zero-order valence-electron chi connectivity index (χ0n) is 19.9. The van der Waals surface area contributed by atoms with Crippen LogP contribution in [0.25, 0.3) is 0 Å². The van der Waals surface area contributed by atoms with Crippen molar-refractivity contribution in [1.29, 1.82) is 0 Å². The van der Waals surface area contributed by atoms with E-state index in [1.54, 1.807) is 0 Å². The molecule has 9 nitrogen and oxygen atoms in total. The topological polar surface area (TPSA) is 108 Å². The zero-order chi connectivity index (χ0) is 23.9. The Morgan fingerprint density at radius 3 is 2.49 bits per heavy atom. The summed E-state index contributed by atoms with van der Waals surface area (Å²) in [6, 6.07) is 0. The van der Waals surface area contributed by atoms with Gasteiger partial charge in [-0.2, -0.15) is 0 Å². The summed E-state index contributed by atoms with van der Waals surface area (Å²) in [5, 5.41) is 0. The Hall–Kier alpha value is -2.00. The average Bonchev–Trinajstić information content (AvgIpc) is 3.46. The molecule has 8 atom stereocenters. The predicted molar refractivity (Wildman–Crippen MR) is 118 cm³/mol. The number of nitrogens with zero attached hydrogens (tertiary/aromatic N) is 1. The van der Waals surface area contributed by atoms with Crippen LogP contribution in [-0.2, 0) is 38.1 Å². The number of morpholine rings is 1. The highest BCUT2D eigenvalue weighted by Gasteiger charge is 2.71. The lowest BCUT2D eigenvalue weighted by atomic mass is 9.49. The van der Waals surface area contributed by atoms with Crippen molar-refractivity contribution in [3.8, 4) is 0 Å². The minimum Gasteiger partial charge on any atom is -0.464 e. The van der Waals surface area contributed by atoms with Crippen LogP contribution in [0.2, 0.25) is 0 Å². The van der Waals surface area contributed by atoms with Crippen LogP contribution in [0.5, 0.6) is 0 Å². The largest absolute Gasteiger partial charge is 0.464 e. The second kappa shape index (κ2) is 8.00. The van der Waals surface area contributed by atoms with Crippen LogP contribution in [-0.4, -0.2) is 80.3 Å². The third kappa shape index (κ3) is 3.33. The molecule has 8 rings (SSSR count). The maximum atomic E-state index is 13.6. The number of ether oxygens (including phenoxy) is 4. The molecule has 2 saturated heterocycles. The summed E-state index contributed by atoms with van der Waals surface area (Å²) < 4.78 is 22.8. The van der Waals surface area contributed by atoms with Gasteiger partial charge in [-0.1, -0.05) is 0 Å². The van der Waals surface area contributed by atoms with Crippen molar-refractivity contribution in [1.82, 2.24) is 4.90 Å². The monoisotopic (exact) mass is 487 g/mol. The Morgan fingerprint density at radius 1 is 1.00 bits per heavy atom. The minimum atomic E-state index is -0.619. The van der Waals surface area contributed by atoms with Crippen molar-refractivity contribution >= 4 is 23.7 Å². The summed E-state index contributed by atoms with van der Waals surface area (Å²) in [5.74, 6) is -1.74. The lowest BCUT2D eigenvalue weighted by molar-refractivity contribution is -0.188. The quantitative estimate of drug-likeness (QED) is 0.400. The van der Waals surface area contributed by atoms with Gasteiger partial charge in [-0.15, -0.1) is 0 Å². The maximum Gasteiger partial charge on any atom is 0.312 e. The van der Waals surface area contributed by atoms with Crippen LogP contribution in [0.3, 0.4) is 0 Å². The summed E-state index contributed by atoms with van der Waals surface area (Å²) in [6.45, 7) is 3.90. The van der Waals surface area contributed by atoms with Gasteiger partial charge in [0.1, 0.15) is 24.6 Å². The molecule has 8 fully saturated rings. The van der Waals surface area contributed by atoms with E-state index < -0.39 is 29.5 Å². The number of esters is 3. The van der Waals surface area contributed by atoms with Crippen molar-refractivity contribution in [3.05, 3.63) is 0 Å². The number of hydrogen-bond acceptors (Lipinski definition) is 9. The van der Waals surface area contributed by atoms with Crippen LogP contribution in [0, 0.1) is 46.8 Å². The van der Waals surface area contributed by atoms with Gasteiger partial charge in [0, 0.05) is 43.3 Å². The molecular formula is C26H33NO8. The first-order chi connectivity index (χ1) is 16.9. The fourth-order valence-corrected chi connectivity index (χ4v) is 8.91. The van der Waals surface area contributed by atoms with Crippen molar-refractivity contribution < 1.29 is 38.1 Å². The Bertz CT molecular complexity index is 941. The van der Waals surface area contributed by atoms with Crippen LogP contribution in [0.15, 0.2) is 0 Å². The highest BCUT2D eigenvalue weighted by molar-refractivity contribution is 5.90. The number of carbonyl (C=O) groups is 4. The van der Waals surface area contributed by atoms with Crippen molar-refractivity contribution in [3.63, 3.8) is 0 Å². The third-order valence-electron chi connectivity index (χ3n) is 10.2. The first-order valence-electron chi connectivity index (χ1n) is 13.4. The van der Waals surface area contributed by atoms with Gasteiger partial charge in [0.15, 0.2) is 0 Å². The first kappa shape index (κ1) is 22.2. The lowest BCUT2D eigenvalue weighted by Gasteiger charge is -2.54. The number of hydrogen-bond donors (Lipinski definition) is 0. The van der Waals surface area contributed by atoms with E-state index in [0.29, 0.717) is 50.7 Å². The molecule has 9 heteroatoms. The van der Waals surface area contributed by atoms with Gasteiger partial charge in [0.05, 0.1) is 30.5 Å². The van der Waals surface area contributed by atoms with E-state index in [-0.39, 0.29) is 48.2 Å². The van der Waals surface area contributed by atoms with E-state index in [2.05, 4.69) is 4.90 Å². The van der Waals surface area contributed by atoms with Gasteiger partial charge in [-0.25, -0.2) is 0 Å². The van der Waals surface area contributed by atoms with Crippen molar-refractivity contribution in [2.45, 2.75) is 50.7 Å². The Labute approximate surface area is 204 Å². The van der Waals surface area contributed by atoms with E-state index in [1.165, 1.54) is 0 Å². The molecule has 0 aromatic rings.